The number of hydrogen-bond acceptors (Lipinski definition) is 3. The maximum atomic E-state index is 3.36. The van der Waals surface area contributed by atoms with Gasteiger partial charge in [0.15, 0.2) is 0 Å². The van der Waals surface area contributed by atoms with E-state index in [1.807, 2.05) is 7.05 Å². The van der Waals surface area contributed by atoms with E-state index in [1.165, 1.54) is 17.7 Å². The zero-order valence-corrected chi connectivity index (χ0v) is 12.7. The molecule has 1 aromatic carbocycles. The Hall–Kier alpha value is -1.06. The van der Waals surface area contributed by atoms with Crippen molar-refractivity contribution in [2.75, 3.05) is 38.6 Å². The molecule has 1 heterocycles. The van der Waals surface area contributed by atoms with Gasteiger partial charge in [-0.2, -0.15) is 0 Å². The van der Waals surface area contributed by atoms with Gasteiger partial charge in [0, 0.05) is 37.4 Å². The average molecular weight is 261 g/mol. The van der Waals surface area contributed by atoms with Crippen molar-refractivity contribution in [1.82, 2.24) is 10.2 Å². The minimum atomic E-state index is 0.399. The first-order valence-corrected chi connectivity index (χ1v) is 7.38. The van der Waals surface area contributed by atoms with Crippen LogP contribution < -0.4 is 10.2 Å². The molecule has 3 nitrogen and oxygen atoms in total. The van der Waals surface area contributed by atoms with Crippen molar-refractivity contribution in [2.45, 2.75) is 32.4 Å². The molecule has 106 valence electrons. The van der Waals surface area contributed by atoms with Gasteiger partial charge in [0.05, 0.1) is 0 Å². The van der Waals surface area contributed by atoms with Gasteiger partial charge >= 0.3 is 0 Å². The molecule has 2 atom stereocenters. The zero-order valence-electron chi connectivity index (χ0n) is 12.7. The molecule has 1 aliphatic rings. The third-order valence-electron chi connectivity index (χ3n) is 4.43. The van der Waals surface area contributed by atoms with Crippen LogP contribution in [-0.4, -0.2) is 44.7 Å². The fourth-order valence-electron chi connectivity index (χ4n) is 2.90. The molecule has 1 fully saturated rings. The van der Waals surface area contributed by atoms with Gasteiger partial charge in [0.25, 0.3) is 0 Å². The molecular weight excluding hydrogens is 234 g/mol. The number of nitrogens with one attached hydrogen (secondary N) is 1. The van der Waals surface area contributed by atoms with Crippen molar-refractivity contribution in [3.8, 4) is 0 Å². The first-order valence-electron chi connectivity index (χ1n) is 7.38. The molecule has 1 aromatic rings. The number of rotatable bonds is 4. The molecule has 1 aliphatic heterocycles. The van der Waals surface area contributed by atoms with E-state index in [2.05, 4.69) is 60.3 Å². The summed E-state index contributed by atoms with van der Waals surface area (Å²) in [5.74, 6) is 0. The fraction of sp³-hybridized carbons (Fsp3) is 0.625. The first-order chi connectivity index (χ1) is 9.17. The van der Waals surface area contributed by atoms with Gasteiger partial charge in [0.2, 0.25) is 0 Å². The van der Waals surface area contributed by atoms with Crippen LogP contribution >= 0.6 is 0 Å². The van der Waals surface area contributed by atoms with Crippen molar-refractivity contribution < 1.29 is 0 Å². The van der Waals surface area contributed by atoms with E-state index >= 15 is 0 Å². The molecule has 2 rings (SSSR count). The van der Waals surface area contributed by atoms with Crippen LogP contribution in [0, 0.1) is 0 Å². The highest BCUT2D eigenvalue weighted by Crippen LogP contribution is 2.28. The predicted molar refractivity (Wildman–Crippen MR) is 82.8 cm³/mol. The van der Waals surface area contributed by atoms with E-state index in [1.54, 1.807) is 0 Å². The number of benzene rings is 1. The van der Waals surface area contributed by atoms with E-state index < -0.39 is 0 Å². The second kappa shape index (κ2) is 6.40. The molecule has 1 saturated heterocycles. The number of anilines is 1. The highest BCUT2D eigenvalue weighted by atomic mass is 15.3. The van der Waals surface area contributed by atoms with Crippen molar-refractivity contribution in [2.24, 2.45) is 0 Å². The molecule has 19 heavy (non-hydrogen) atoms. The number of likely N-dealkylation sites (N-methyl/N-ethyl adjacent to an activating group) is 1. The standard InChI is InChI=1S/C16H27N3/c1-5-14-12-19(11-10-18(14)4)16-9-7-6-8-15(16)13(2)17-3/h6-9,13-14,17H,5,10-12H2,1-4H3. The number of nitrogens with zero attached hydrogens (tertiary/aromatic N) is 2. The first kappa shape index (κ1) is 14.4. The summed E-state index contributed by atoms with van der Waals surface area (Å²) in [4.78, 5) is 5.04. The Kier molecular flexibility index (Phi) is 4.83. The third kappa shape index (κ3) is 3.10. The summed E-state index contributed by atoms with van der Waals surface area (Å²) in [6.07, 6.45) is 1.22. The molecule has 0 amide bonds. The van der Waals surface area contributed by atoms with Crippen LogP contribution in [0.4, 0.5) is 5.69 Å². The number of para-hydroxylation sites is 1. The van der Waals surface area contributed by atoms with Crippen LogP contribution in [0.3, 0.4) is 0 Å². The lowest BCUT2D eigenvalue weighted by Gasteiger charge is -2.41. The summed E-state index contributed by atoms with van der Waals surface area (Å²) in [6, 6.07) is 9.87. The topological polar surface area (TPSA) is 18.5 Å². The second-order valence-electron chi connectivity index (χ2n) is 5.56. The van der Waals surface area contributed by atoms with Crippen molar-refractivity contribution in [3.63, 3.8) is 0 Å². The summed E-state index contributed by atoms with van der Waals surface area (Å²) in [5, 5.41) is 3.36. The smallest absolute Gasteiger partial charge is 0.0415 e. The van der Waals surface area contributed by atoms with Gasteiger partial charge in [-0.3, -0.25) is 4.90 Å². The minimum Gasteiger partial charge on any atom is -0.368 e. The van der Waals surface area contributed by atoms with Crippen LogP contribution in [0.1, 0.15) is 31.9 Å². The average Bonchev–Trinajstić information content (AvgIpc) is 2.47. The fourth-order valence-corrected chi connectivity index (χ4v) is 2.90. The summed E-state index contributed by atoms with van der Waals surface area (Å²) >= 11 is 0. The third-order valence-corrected chi connectivity index (χ3v) is 4.43. The molecule has 0 aromatic heterocycles. The van der Waals surface area contributed by atoms with Crippen LogP contribution in [0.25, 0.3) is 0 Å². The minimum absolute atomic E-state index is 0.399. The van der Waals surface area contributed by atoms with E-state index in [9.17, 15) is 0 Å². The van der Waals surface area contributed by atoms with Gasteiger partial charge in [-0.05, 0) is 39.1 Å². The molecule has 0 bridgehead atoms. The summed E-state index contributed by atoms with van der Waals surface area (Å²) < 4.78 is 0. The van der Waals surface area contributed by atoms with E-state index in [0.29, 0.717) is 12.1 Å². The van der Waals surface area contributed by atoms with E-state index in [0.717, 1.165) is 19.6 Å². The number of hydrogen-bond donors (Lipinski definition) is 1. The highest BCUT2D eigenvalue weighted by Gasteiger charge is 2.24. The predicted octanol–water partition coefficient (Wildman–Crippen LogP) is 2.50. The molecule has 0 radical (unpaired) electrons. The Balaban J connectivity index is 2.22. The van der Waals surface area contributed by atoms with Crippen LogP contribution in [0.2, 0.25) is 0 Å². The van der Waals surface area contributed by atoms with Gasteiger partial charge in [-0.25, -0.2) is 0 Å². The molecule has 1 N–H and O–H groups in total. The molecular formula is C16H27N3. The van der Waals surface area contributed by atoms with Crippen molar-refractivity contribution in [1.29, 1.82) is 0 Å². The van der Waals surface area contributed by atoms with E-state index in [-0.39, 0.29) is 0 Å². The van der Waals surface area contributed by atoms with Gasteiger partial charge in [0.1, 0.15) is 0 Å². The summed E-state index contributed by atoms with van der Waals surface area (Å²) in [6.45, 7) is 7.93. The maximum Gasteiger partial charge on any atom is 0.0415 e. The molecule has 0 saturated carbocycles. The Morgan fingerprint density at radius 2 is 2.05 bits per heavy atom. The molecule has 2 unspecified atom stereocenters. The summed E-state index contributed by atoms with van der Waals surface area (Å²) in [5.41, 5.74) is 2.81. The SMILES string of the molecule is CCC1CN(c2ccccc2C(C)NC)CCN1C. The number of piperazine rings is 1. The van der Waals surface area contributed by atoms with Crippen LogP contribution in [-0.2, 0) is 0 Å². The highest BCUT2D eigenvalue weighted by molar-refractivity contribution is 5.55. The lowest BCUT2D eigenvalue weighted by molar-refractivity contribution is 0.213. The van der Waals surface area contributed by atoms with Crippen molar-refractivity contribution >= 4 is 5.69 Å². The zero-order chi connectivity index (χ0) is 13.8. The molecule has 0 aliphatic carbocycles. The summed E-state index contributed by atoms with van der Waals surface area (Å²) in [7, 11) is 4.27. The second-order valence-corrected chi connectivity index (χ2v) is 5.56. The quantitative estimate of drug-likeness (QED) is 0.898. The lowest BCUT2D eigenvalue weighted by Crippen LogP contribution is -2.51. The van der Waals surface area contributed by atoms with Crippen LogP contribution in [0.15, 0.2) is 24.3 Å². The maximum absolute atomic E-state index is 3.36. The van der Waals surface area contributed by atoms with Gasteiger partial charge < -0.3 is 10.2 Å². The van der Waals surface area contributed by atoms with E-state index in [4.69, 9.17) is 0 Å². The Morgan fingerprint density at radius 3 is 2.74 bits per heavy atom. The Bertz CT molecular complexity index is 405. The lowest BCUT2D eigenvalue weighted by atomic mass is 10.0. The van der Waals surface area contributed by atoms with Crippen molar-refractivity contribution in [3.05, 3.63) is 29.8 Å². The normalized spacial score (nSPS) is 22.5. The van der Waals surface area contributed by atoms with Gasteiger partial charge in [-0.1, -0.05) is 25.1 Å². The molecule has 3 heteroatoms. The largest absolute Gasteiger partial charge is 0.368 e. The monoisotopic (exact) mass is 261 g/mol. The van der Waals surface area contributed by atoms with Crippen LogP contribution in [0.5, 0.6) is 0 Å². The molecule has 0 spiro atoms. The Labute approximate surface area is 117 Å². The Morgan fingerprint density at radius 1 is 1.32 bits per heavy atom. The van der Waals surface area contributed by atoms with Gasteiger partial charge in [-0.15, -0.1) is 0 Å².